The summed E-state index contributed by atoms with van der Waals surface area (Å²) in [5.41, 5.74) is 1.80. The summed E-state index contributed by atoms with van der Waals surface area (Å²) in [6.07, 6.45) is 4.02. The molecule has 7 rings (SSSR count). The number of nitrogens with one attached hydrogen (secondary N) is 2. The molecule has 5 heterocycles. The molecule has 2 aliphatic carbocycles. The second-order valence-corrected chi connectivity index (χ2v) is 11.1. The molecule has 4 amide bonds. The third-order valence-corrected chi connectivity index (χ3v) is 7.92. The van der Waals surface area contributed by atoms with Crippen molar-refractivity contribution in [3.63, 3.8) is 0 Å². The Labute approximate surface area is 247 Å². The van der Waals surface area contributed by atoms with Crippen molar-refractivity contribution in [1.82, 2.24) is 34.2 Å². The highest BCUT2D eigenvalue weighted by molar-refractivity contribution is 6.13. The molecule has 0 aromatic carbocycles. The number of carbonyl (C=O) groups excluding carboxylic acids is 3. The molecule has 3 fully saturated rings. The summed E-state index contributed by atoms with van der Waals surface area (Å²) in [7, 11) is 1.46. The summed E-state index contributed by atoms with van der Waals surface area (Å²) in [5.74, 6) is -0.755. The number of imidazole rings is 1. The van der Waals surface area contributed by atoms with Crippen LogP contribution in [-0.2, 0) is 22.3 Å². The first-order valence-corrected chi connectivity index (χ1v) is 13.9. The van der Waals surface area contributed by atoms with Gasteiger partial charge in [-0.2, -0.15) is 13.2 Å². The van der Waals surface area contributed by atoms with E-state index in [0.717, 1.165) is 35.6 Å². The number of carbonyl (C=O) groups is 3. The van der Waals surface area contributed by atoms with Crippen molar-refractivity contribution in [1.29, 1.82) is 0 Å². The van der Waals surface area contributed by atoms with Crippen LogP contribution in [0.4, 0.5) is 35.3 Å². The number of rotatable bonds is 8. The van der Waals surface area contributed by atoms with Gasteiger partial charge >= 0.3 is 12.2 Å². The molecule has 4 aromatic rings. The fourth-order valence-corrected chi connectivity index (χ4v) is 5.26. The SMILES string of the molecule is CN1C(=O)CN(c2cc(C3CC3)cn3cc(CNc4cc(NC(=O)C5CC5c5nccc(C(F)(F)F)n5)ncn4)nc23)C1=O. The lowest BCUT2D eigenvalue weighted by molar-refractivity contribution is -0.141. The number of nitrogens with zero attached hydrogens (tertiary/aromatic N) is 8. The quantitative estimate of drug-likeness (QED) is 0.287. The summed E-state index contributed by atoms with van der Waals surface area (Å²) in [6.45, 7) is 0.207. The van der Waals surface area contributed by atoms with Gasteiger partial charge in [0.1, 0.15) is 36.0 Å². The molecule has 0 radical (unpaired) electrons. The van der Waals surface area contributed by atoms with Gasteiger partial charge in [-0.1, -0.05) is 0 Å². The van der Waals surface area contributed by atoms with Crippen LogP contribution in [0.1, 0.15) is 53.9 Å². The Morgan fingerprint density at radius 1 is 1.07 bits per heavy atom. The molecule has 16 heteroatoms. The molecule has 13 nitrogen and oxygen atoms in total. The maximum Gasteiger partial charge on any atom is 0.433 e. The second-order valence-electron chi connectivity index (χ2n) is 11.1. The number of pyridine rings is 1. The normalized spacial score (nSPS) is 20.0. The summed E-state index contributed by atoms with van der Waals surface area (Å²) in [4.78, 5) is 60.8. The first-order valence-electron chi connectivity index (χ1n) is 13.9. The van der Waals surface area contributed by atoms with E-state index in [1.807, 2.05) is 22.9 Å². The number of halogens is 3. The Bertz CT molecular complexity index is 1820. The minimum absolute atomic E-state index is 0.0161. The lowest BCUT2D eigenvalue weighted by atomic mass is 10.1. The summed E-state index contributed by atoms with van der Waals surface area (Å²) >= 11 is 0. The van der Waals surface area contributed by atoms with Crippen molar-refractivity contribution < 1.29 is 27.6 Å². The number of likely N-dealkylation sites (N-methyl/N-ethyl adjacent to an activating group) is 1. The summed E-state index contributed by atoms with van der Waals surface area (Å²) in [6, 6.07) is 3.86. The van der Waals surface area contributed by atoms with Crippen LogP contribution in [0.5, 0.6) is 0 Å². The predicted molar refractivity (Wildman–Crippen MR) is 149 cm³/mol. The van der Waals surface area contributed by atoms with E-state index >= 15 is 0 Å². The minimum atomic E-state index is -4.59. The zero-order valence-electron chi connectivity index (χ0n) is 23.2. The minimum Gasteiger partial charge on any atom is -0.364 e. The van der Waals surface area contributed by atoms with E-state index in [1.54, 1.807) is 0 Å². The summed E-state index contributed by atoms with van der Waals surface area (Å²) < 4.78 is 40.9. The highest BCUT2D eigenvalue weighted by atomic mass is 19.4. The number of amides is 4. The van der Waals surface area contributed by atoms with E-state index in [-0.39, 0.29) is 30.6 Å². The second kappa shape index (κ2) is 10.2. The van der Waals surface area contributed by atoms with Gasteiger partial charge in [-0.25, -0.2) is 29.7 Å². The molecule has 3 aliphatic rings. The van der Waals surface area contributed by atoms with E-state index in [4.69, 9.17) is 4.98 Å². The van der Waals surface area contributed by atoms with Crippen molar-refractivity contribution in [2.45, 2.75) is 43.8 Å². The molecule has 1 aliphatic heterocycles. The van der Waals surface area contributed by atoms with Gasteiger partial charge in [0.2, 0.25) is 11.8 Å². The number of aromatic nitrogens is 6. The zero-order valence-corrected chi connectivity index (χ0v) is 23.2. The van der Waals surface area contributed by atoms with Crippen LogP contribution in [0.25, 0.3) is 5.65 Å². The van der Waals surface area contributed by atoms with Crippen molar-refractivity contribution in [3.8, 4) is 0 Å². The zero-order chi connectivity index (χ0) is 30.7. The third-order valence-electron chi connectivity index (χ3n) is 7.92. The molecular weight excluding hydrogens is 581 g/mol. The maximum atomic E-state index is 13.0. The maximum absolute atomic E-state index is 13.0. The van der Waals surface area contributed by atoms with Crippen molar-refractivity contribution in [2.75, 3.05) is 29.1 Å². The number of imide groups is 1. The molecular formula is C28H25F3N10O3. The topological polar surface area (TPSA) is 151 Å². The lowest BCUT2D eigenvalue weighted by Gasteiger charge is -2.17. The lowest BCUT2D eigenvalue weighted by Crippen LogP contribution is -2.30. The van der Waals surface area contributed by atoms with Crippen LogP contribution < -0.4 is 15.5 Å². The fraction of sp³-hybridized carbons (Fsp3) is 0.357. The first-order chi connectivity index (χ1) is 21.0. The van der Waals surface area contributed by atoms with Crippen molar-refractivity contribution >= 4 is 40.8 Å². The van der Waals surface area contributed by atoms with Crippen LogP contribution in [-0.4, -0.2) is 65.7 Å². The number of urea groups is 1. The van der Waals surface area contributed by atoms with Crippen LogP contribution >= 0.6 is 0 Å². The van der Waals surface area contributed by atoms with E-state index in [9.17, 15) is 27.6 Å². The molecule has 226 valence electrons. The number of hydrogen-bond acceptors (Lipinski definition) is 9. The predicted octanol–water partition coefficient (Wildman–Crippen LogP) is 3.56. The molecule has 1 saturated heterocycles. The van der Waals surface area contributed by atoms with Gasteiger partial charge in [-0.05, 0) is 42.9 Å². The number of anilines is 3. The molecule has 4 aromatic heterocycles. The Morgan fingerprint density at radius 3 is 2.59 bits per heavy atom. The molecule has 0 spiro atoms. The smallest absolute Gasteiger partial charge is 0.364 e. The largest absolute Gasteiger partial charge is 0.433 e. The number of alkyl halides is 3. The van der Waals surface area contributed by atoms with Gasteiger partial charge in [0, 0.05) is 43.5 Å². The van der Waals surface area contributed by atoms with E-state index in [0.29, 0.717) is 35.2 Å². The Balaban J connectivity index is 1.03. The van der Waals surface area contributed by atoms with E-state index < -0.39 is 35.6 Å². The van der Waals surface area contributed by atoms with Crippen molar-refractivity contribution in [3.05, 3.63) is 65.9 Å². The molecule has 2 unspecified atom stereocenters. The monoisotopic (exact) mass is 606 g/mol. The third kappa shape index (κ3) is 5.26. The Morgan fingerprint density at radius 2 is 1.86 bits per heavy atom. The average molecular weight is 607 g/mol. The number of hydrogen-bond donors (Lipinski definition) is 2. The fourth-order valence-electron chi connectivity index (χ4n) is 5.26. The highest BCUT2D eigenvalue weighted by Gasteiger charge is 2.47. The van der Waals surface area contributed by atoms with Gasteiger partial charge in [0.05, 0.1) is 17.9 Å². The molecule has 2 atom stereocenters. The van der Waals surface area contributed by atoms with Gasteiger partial charge in [0.15, 0.2) is 5.65 Å². The standard InChI is InChI=1S/C28H25F3N10O3/c1-39-23(42)12-41(27(39)44)19-6-15(14-2-3-14)10-40-11-16(36-25(19)40)9-33-21-8-22(35-13-34-21)38-26(43)18-7-17(18)24-32-5-4-20(37-24)28(29,30)31/h4-6,8,10-11,13-14,17-18H,2-3,7,9,12H2,1H3,(H2,33,34,35,38,43). The van der Waals surface area contributed by atoms with E-state index in [2.05, 4.69) is 30.6 Å². The van der Waals surface area contributed by atoms with Crippen molar-refractivity contribution in [2.24, 2.45) is 5.92 Å². The molecule has 0 bridgehead atoms. The molecule has 2 N–H and O–H groups in total. The Hall–Kier alpha value is -5.15. The van der Waals surface area contributed by atoms with Gasteiger partial charge in [-0.15, -0.1) is 0 Å². The molecule has 44 heavy (non-hydrogen) atoms. The van der Waals surface area contributed by atoms with Gasteiger partial charge in [-0.3, -0.25) is 19.4 Å². The van der Waals surface area contributed by atoms with Crippen LogP contribution in [0.3, 0.4) is 0 Å². The Kier molecular flexibility index (Phi) is 6.44. The van der Waals surface area contributed by atoms with Gasteiger partial charge in [0.25, 0.3) is 0 Å². The van der Waals surface area contributed by atoms with Gasteiger partial charge < -0.3 is 15.0 Å². The summed E-state index contributed by atoms with van der Waals surface area (Å²) in [5, 5.41) is 5.83. The van der Waals surface area contributed by atoms with Crippen LogP contribution in [0.2, 0.25) is 0 Å². The number of fused-ring (bicyclic) bond motifs is 1. The van der Waals surface area contributed by atoms with Crippen LogP contribution in [0.15, 0.2) is 43.1 Å². The molecule has 2 saturated carbocycles. The van der Waals surface area contributed by atoms with E-state index in [1.165, 1.54) is 24.3 Å². The average Bonchev–Trinajstić information content (AvgIpc) is 3.93. The van der Waals surface area contributed by atoms with Crippen LogP contribution in [0, 0.1) is 5.92 Å². The first kappa shape index (κ1) is 27.7. The highest BCUT2D eigenvalue weighted by Crippen LogP contribution is 2.47.